The van der Waals surface area contributed by atoms with Gasteiger partial charge in [0.1, 0.15) is 0 Å². The molecule has 1 aromatic rings. The highest BCUT2D eigenvalue weighted by molar-refractivity contribution is 6.35. The van der Waals surface area contributed by atoms with E-state index in [4.69, 9.17) is 23.2 Å². The largest absolute Gasteiger partial charge is 0.385 e. The van der Waals surface area contributed by atoms with Gasteiger partial charge in [-0.15, -0.1) is 0 Å². The molecule has 2 rings (SSSR count). The summed E-state index contributed by atoms with van der Waals surface area (Å²) in [6.07, 6.45) is 0. The second-order valence-electron chi connectivity index (χ2n) is 3.56. The number of rotatable bonds is 3. The van der Waals surface area contributed by atoms with Gasteiger partial charge in [0.15, 0.2) is 0 Å². The van der Waals surface area contributed by atoms with Crippen molar-refractivity contribution in [3.63, 3.8) is 0 Å². The molecule has 76 valence electrons. The zero-order chi connectivity index (χ0) is 9.97. The van der Waals surface area contributed by atoms with Crippen LogP contribution < -0.4 is 10.6 Å². The van der Waals surface area contributed by atoms with Crippen LogP contribution in [0.3, 0.4) is 0 Å². The van der Waals surface area contributed by atoms with Gasteiger partial charge in [-0.25, -0.2) is 0 Å². The molecule has 0 spiro atoms. The van der Waals surface area contributed by atoms with Crippen molar-refractivity contribution in [1.29, 1.82) is 0 Å². The zero-order valence-corrected chi connectivity index (χ0v) is 9.20. The predicted octanol–water partition coefficient (Wildman–Crippen LogP) is 2.62. The van der Waals surface area contributed by atoms with Gasteiger partial charge in [-0.3, -0.25) is 0 Å². The fourth-order valence-electron chi connectivity index (χ4n) is 1.41. The zero-order valence-electron chi connectivity index (χ0n) is 7.69. The molecule has 0 aromatic heterocycles. The van der Waals surface area contributed by atoms with Crippen LogP contribution in [0.1, 0.15) is 0 Å². The Hall–Kier alpha value is -0.440. The molecule has 1 aliphatic rings. The van der Waals surface area contributed by atoms with Crippen molar-refractivity contribution < 1.29 is 0 Å². The second-order valence-corrected chi connectivity index (χ2v) is 4.44. The number of halogens is 2. The Kier molecular flexibility index (Phi) is 3.16. The first-order chi connectivity index (χ1) is 6.74. The molecule has 0 radical (unpaired) electrons. The summed E-state index contributed by atoms with van der Waals surface area (Å²) in [6, 6.07) is 5.51. The quantitative estimate of drug-likeness (QED) is 0.835. The fraction of sp³-hybridized carbons (Fsp3) is 0.400. The van der Waals surface area contributed by atoms with E-state index in [9.17, 15) is 0 Å². The lowest BCUT2D eigenvalue weighted by Gasteiger charge is -2.27. The highest BCUT2D eigenvalue weighted by Gasteiger charge is 2.15. The summed E-state index contributed by atoms with van der Waals surface area (Å²) in [5.74, 6) is 0.729. The molecule has 2 N–H and O–H groups in total. The van der Waals surface area contributed by atoms with E-state index in [0.29, 0.717) is 10.0 Å². The molecule has 0 bridgehead atoms. The van der Waals surface area contributed by atoms with Gasteiger partial charge in [0.25, 0.3) is 0 Å². The van der Waals surface area contributed by atoms with Crippen LogP contribution in [-0.4, -0.2) is 19.6 Å². The Morgan fingerprint density at radius 3 is 2.36 bits per heavy atom. The van der Waals surface area contributed by atoms with Crippen LogP contribution in [0.25, 0.3) is 0 Å². The number of benzene rings is 1. The third kappa shape index (κ3) is 2.53. The third-order valence-corrected chi connectivity index (χ3v) is 2.76. The van der Waals surface area contributed by atoms with E-state index in [1.807, 2.05) is 12.1 Å². The number of nitrogens with one attached hydrogen (secondary N) is 2. The molecule has 0 aliphatic carbocycles. The minimum absolute atomic E-state index is 0.673. The van der Waals surface area contributed by atoms with Crippen molar-refractivity contribution in [2.45, 2.75) is 0 Å². The van der Waals surface area contributed by atoms with E-state index in [1.54, 1.807) is 6.07 Å². The van der Waals surface area contributed by atoms with Gasteiger partial charge >= 0.3 is 0 Å². The standard InChI is InChI=1S/C10H12Cl2N2/c11-8-1-9(12)3-10(2-8)14-6-7-4-13-5-7/h1-3,7,13-14H,4-6H2. The van der Waals surface area contributed by atoms with Crippen LogP contribution >= 0.6 is 23.2 Å². The normalized spacial score (nSPS) is 16.4. The molecule has 1 saturated heterocycles. The highest BCUT2D eigenvalue weighted by Crippen LogP contribution is 2.22. The summed E-state index contributed by atoms with van der Waals surface area (Å²) in [4.78, 5) is 0. The number of hydrogen-bond acceptors (Lipinski definition) is 2. The minimum atomic E-state index is 0.673. The van der Waals surface area contributed by atoms with Crippen LogP contribution in [0, 0.1) is 5.92 Å². The Labute approximate surface area is 93.6 Å². The van der Waals surface area contributed by atoms with Gasteiger partial charge in [0.05, 0.1) is 0 Å². The van der Waals surface area contributed by atoms with Crippen molar-refractivity contribution in [1.82, 2.24) is 5.32 Å². The van der Waals surface area contributed by atoms with Crippen molar-refractivity contribution >= 4 is 28.9 Å². The Morgan fingerprint density at radius 2 is 1.86 bits per heavy atom. The summed E-state index contributed by atoms with van der Waals surface area (Å²) in [5.41, 5.74) is 0.995. The SMILES string of the molecule is Clc1cc(Cl)cc(NCC2CNC2)c1. The van der Waals surface area contributed by atoms with Gasteiger partial charge in [0.2, 0.25) is 0 Å². The van der Waals surface area contributed by atoms with Crippen molar-refractivity contribution in [2.24, 2.45) is 5.92 Å². The summed E-state index contributed by atoms with van der Waals surface area (Å²) in [7, 11) is 0. The van der Waals surface area contributed by atoms with Crippen molar-refractivity contribution in [3.05, 3.63) is 28.2 Å². The molecule has 2 nitrogen and oxygen atoms in total. The van der Waals surface area contributed by atoms with Crippen LogP contribution in [0.5, 0.6) is 0 Å². The molecular formula is C10H12Cl2N2. The lowest BCUT2D eigenvalue weighted by molar-refractivity contribution is 0.365. The van der Waals surface area contributed by atoms with Gasteiger partial charge < -0.3 is 10.6 Å². The Morgan fingerprint density at radius 1 is 1.21 bits per heavy atom. The molecule has 1 fully saturated rings. The lowest BCUT2D eigenvalue weighted by atomic mass is 10.0. The average molecular weight is 231 g/mol. The second kappa shape index (κ2) is 4.39. The Balaban J connectivity index is 1.94. The van der Waals surface area contributed by atoms with Crippen LogP contribution in [-0.2, 0) is 0 Å². The first-order valence-corrected chi connectivity index (χ1v) is 5.40. The maximum atomic E-state index is 5.88. The van der Waals surface area contributed by atoms with Crippen LogP contribution in [0.4, 0.5) is 5.69 Å². The van der Waals surface area contributed by atoms with Crippen LogP contribution in [0.2, 0.25) is 10.0 Å². The van der Waals surface area contributed by atoms with Gasteiger partial charge in [-0.2, -0.15) is 0 Å². The smallest absolute Gasteiger partial charge is 0.0441 e. The molecular weight excluding hydrogens is 219 g/mol. The molecule has 0 atom stereocenters. The minimum Gasteiger partial charge on any atom is -0.385 e. The molecule has 14 heavy (non-hydrogen) atoms. The van der Waals surface area contributed by atoms with Gasteiger partial charge in [0, 0.05) is 41.3 Å². The molecule has 0 saturated carbocycles. The molecule has 1 heterocycles. The Bertz CT molecular complexity index is 304. The molecule has 1 aliphatic heterocycles. The number of anilines is 1. The van der Waals surface area contributed by atoms with Crippen LogP contribution in [0.15, 0.2) is 18.2 Å². The monoisotopic (exact) mass is 230 g/mol. The average Bonchev–Trinajstić information content (AvgIpc) is 1.99. The lowest BCUT2D eigenvalue weighted by Crippen LogP contribution is -2.45. The predicted molar refractivity (Wildman–Crippen MR) is 61.3 cm³/mol. The third-order valence-electron chi connectivity index (χ3n) is 2.32. The van der Waals surface area contributed by atoms with E-state index >= 15 is 0 Å². The van der Waals surface area contributed by atoms with Gasteiger partial charge in [-0.05, 0) is 18.2 Å². The summed E-state index contributed by atoms with van der Waals surface area (Å²) >= 11 is 11.8. The maximum absolute atomic E-state index is 5.88. The first kappa shape index (κ1) is 10.1. The van der Waals surface area contributed by atoms with E-state index in [2.05, 4.69) is 10.6 Å². The molecule has 0 unspecified atom stereocenters. The molecule has 1 aromatic carbocycles. The molecule has 4 heteroatoms. The van der Waals surface area contributed by atoms with E-state index in [-0.39, 0.29) is 0 Å². The summed E-state index contributed by atoms with van der Waals surface area (Å²) in [6.45, 7) is 3.17. The highest BCUT2D eigenvalue weighted by atomic mass is 35.5. The fourth-order valence-corrected chi connectivity index (χ4v) is 1.94. The maximum Gasteiger partial charge on any atom is 0.0441 e. The van der Waals surface area contributed by atoms with Gasteiger partial charge in [-0.1, -0.05) is 23.2 Å². The molecule has 0 amide bonds. The summed E-state index contributed by atoms with van der Waals surface area (Å²) in [5, 5.41) is 7.89. The van der Waals surface area contributed by atoms with Crippen molar-refractivity contribution in [2.75, 3.05) is 25.0 Å². The summed E-state index contributed by atoms with van der Waals surface area (Å²) < 4.78 is 0. The van der Waals surface area contributed by atoms with Crippen molar-refractivity contribution in [3.8, 4) is 0 Å². The first-order valence-electron chi connectivity index (χ1n) is 4.65. The number of hydrogen-bond donors (Lipinski definition) is 2. The van der Waals surface area contributed by atoms with E-state index in [0.717, 1.165) is 31.2 Å². The van der Waals surface area contributed by atoms with E-state index in [1.165, 1.54) is 0 Å². The topological polar surface area (TPSA) is 24.1 Å². The van der Waals surface area contributed by atoms with E-state index < -0.39 is 0 Å².